The van der Waals surface area contributed by atoms with Crippen molar-refractivity contribution in [2.24, 2.45) is 0 Å². The number of hydrogen-bond donors (Lipinski definition) is 1. The van der Waals surface area contributed by atoms with E-state index in [1.165, 1.54) is 4.90 Å². The van der Waals surface area contributed by atoms with E-state index in [2.05, 4.69) is 5.32 Å². The summed E-state index contributed by atoms with van der Waals surface area (Å²) in [6.07, 6.45) is 4.26. The summed E-state index contributed by atoms with van der Waals surface area (Å²) in [5.41, 5.74) is -0.00988. The molecule has 0 radical (unpaired) electrons. The highest BCUT2D eigenvalue weighted by Gasteiger charge is 2.55. The van der Waals surface area contributed by atoms with Gasteiger partial charge in [-0.15, -0.1) is 0 Å². The Bertz CT molecular complexity index is 896. The Labute approximate surface area is 163 Å². The molecule has 2 aliphatic rings. The molecular formula is C21H25N3O4. The molecule has 0 unspecified atom stereocenters. The molecule has 4 amide bonds. The summed E-state index contributed by atoms with van der Waals surface area (Å²) in [7, 11) is 1.67. The topological polar surface area (TPSA) is 82.9 Å². The number of para-hydroxylation sites is 1. The molecule has 2 aromatic rings. The van der Waals surface area contributed by atoms with Crippen LogP contribution in [0.3, 0.4) is 0 Å². The van der Waals surface area contributed by atoms with E-state index in [-0.39, 0.29) is 24.4 Å². The molecule has 1 saturated heterocycles. The summed E-state index contributed by atoms with van der Waals surface area (Å²) < 4.78 is 5.78. The highest BCUT2D eigenvalue weighted by molar-refractivity contribution is 6.09. The Morgan fingerprint density at radius 2 is 1.93 bits per heavy atom. The normalized spacial score (nSPS) is 20.2. The summed E-state index contributed by atoms with van der Waals surface area (Å²) in [6.45, 7) is 1.55. The quantitative estimate of drug-likeness (QED) is 0.822. The Morgan fingerprint density at radius 1 is 1.21 bits per heavy atom. The van der Waals surface area contributed by atoms with Crippen LogP contribution in [0.15, 0.2) is 34.7 Å². The minimum absolute atomic E-state index is 0.244. The molecule has 2 fully saturated rings. The third-order valence-corrected chi connectivity index (χ3v) is 6.03. The summed E-state index contributed by atoms with van der Waals surface area (Å²) in [6, 6.07) is 8.75. The lowest BCUT2D eigenvalue weighted by Crippen LogP contribution is -2.49. The molecule has 4 rings (SSSR count). The molecule has 1 atom stereocenters. The van der Waals surface area contributed by atoms with E-state index < -0.39 is 11.6 Å². The van der Waals surface area contributed by atoms with Gasteiger partial charge in [-0.05, 0) is 31.9 Å². The first kappa shape index (κ1) is 18.5. The molecule has 1 aliphatic carbocycles. The van der Waals surface area contributed by atoms with Crippen molar-refractivity contribution in [2.45, 2.75) is 50.6 Å². The zero-order chi connectivity index (χ0) is 19.9. The summed E-state index contributed by atoms with van der Waals surface area (Å²) in [5.74, 6) is 0.0108. The lowest BCUT2D eigenvalue weighted by molar-refractivity contribution is -0.137. The van der Waals surface area contributed by atoms with Gasteiger partial charge in [0.1, 0.15) is 23.4 Å². The van der Waals surface area contributed by atoms with Gasteiger partial charge in [0.2, 0.25) is 5.91 Å². The fourth-order valence-electron chi connectivity index (χ4n) is 4.39. The summed E-state index contributed by atoms with van der Waals surface area (Å²) in [5, 5.41) is 3.80. The van der Waals surface area contributed by atoms with E-state index in [4.69, 9.17) is 4.42 Å². The van der Waals surface area contributed by atoms with Gasteiger partial charge in [-0.25, -0.2) is 4.79 Å². The number of nitrogens with zero attached hydrogens (tertiary/aromatic N) is 2. The van der Waals surface area contributed by atoms with Crippen LogP contribution >= 0.6 is 0 Å². The van der Waals surface area contributed by atoms with Crippen molar-refractivity contribution in [3.05, 3.63) is 36.1 Å². The van der Waals surface area contributed by atoms with Crippen molar-refractivity contribution < 1.29 is 18.8 Å². The number of hydrogen-bond acceptors (Lipinski definition) is 4. The monoisotopic (exact) mass is 383 g/mol. The molecular weight excluding hydrogens is 358 g/mol. The van der Waals surface area contributed by atoms with E-state index in [0.717, 1.165) is 35.1 Å². The van der Waals surface area contributed by atoms with E-state index in [1.54, 1.807) is 7.05 Å². The fourth-order valence-corrected chi connectivity index (χ4v) is 4.39. The third-order valence-electron chi connectivity index (χ3n) is 6.03. The highest BCUT2D eigenvalue weighted by atomic mass is 16.3. The molecule has 1 aliphatic heterocycles. The summed E-state index contributed by atoms with van der Waals surface area (Å²) >= 11 is 0. The van der Waals surface area contributed by atoms with Gasteiger partial charge < -0.3 is 14.6 Å². The van der Waals surface area contributed by atoms with E-state index in [9.17, 15) is 14.4 Å². The molecule has 1 aromatic heterocycles. The van der Waals surface area contributed by atoms with Crippen molar-refractivity contribution in [1.82, 2.24) is 15.1 Å². The second kappa shape index (κ2) is 6.96. The number of nitrogens with one attached hydrogen (secondary N) is 1. The van der Waals surface area contributed by atoms with Crippen LogP contribution in [0.4, 0.5) is 4.79 Å². The zero-order valence-corrected chi connectivity index (χ0v) is 16.2. The van der Waals surface area contributed by atoms with Crippen molar-refractivity contribution in [3.8, 4) is 0 Å². The van der Waals surface area contributed by atoms with Gasteiger partial charge in [0.05, 0.1) is 6.04 Å². The average molecular weight is 383 g/mol. The number of carbonyl (C=O) groups excluding carboxylic acids is 3. The van der Waals surface area contributed by atoms with Gasteiger partial charge in [-0.2, -0.15) is 0 Å². The third kappa shape index (κ3) is 2.95. The lowest BCUT2D eigenvalue weighted by Gasteiger charge is -2.35. The first-order chi connectivity index (χ1) is 13.4. The number of carbonyl (C=O) groups is 3. The number of rotatable bonds is 4. The maximum absolute atomic E-state index is 13.0. The Morgan fingerprint density at radius 3 is 2.64 bits per heavy atom. The minimum Gasteiger partial charge on any atom is -0.459 e. The maximum Gasteiger partial charge on any atom is 0.327 e. The van der Waals surface area contributed by atoms with Crippen LogP contribution in [0, 0.1) is 0 Å². The second-order valence-corrected chi connectivity index (χ2v) is 7.80. The number of urea groups is 1. The predicted molar refractivity (Wildman–Crippen MR) is 103 cm³/mol. The standard InChI is InChI=1S/C21H25N3O4/c1-14(17-12-15-8-4-5-9-16(15)28-17)22-18(25)13-24-19(26)21(23(2)20(24)27)10-6-3-7-11-21/h4-5,8-9,12,14H,3,6-7,10-11,13H2,1-2H3,(H,22,25)/t14-/m0/s1. The number of benzene rings is 1. The molecule has 148 valence electrons. The zero-order valence-electron chi connectivity index (χ0n) is 16.2. The Kier molecular flexibility index (Phi) is 4.61. The van der Waals surface area contributed by atoms with Crippen LogP contribution in [0.2, 0.25) is 0 Å². The minimum atomic E-state index is -0.764. The largest absolute Gasteiger partial charge is 0.459 e. The van der Waals surface area contributed by atoms with Crippen LogP contribution in [-0.2, 0) is 9.59 Å². The second-order valence-electron chi connectivity index (χ2n) is 7.80. The van der Waals surface area contributed by atoms with Crippen molar-refractivity contribution in [1.29, 1.82) is 0 Å². The molecule has 28 heavy (non-hydrogen) atoms. The number of likely N-dealkylation sites (N-methyl/N-ethyl adjacent to an activating group) is 1. The van der Waals surface area contributed by atoms with Gasteiger partial charge in [-0.3, -0.25) is 14.5 Å². The SMILES string of the molecule is C[C@H](NC(=O)CN1C(=O)N(C)C2(CCCCC2)C1=O)c1cc2ccccc2o1. The lowest BCUT2D eigenvalue weighted by atomic mass is 9.81. The molecule has 7 heteroatoms. The molecule has 7 nitrogen and oxygen atoms in total. The van der Waals surface area contributed by atoms with E-state index >= 15 is 0 Å². The van der Waals surface area contributed by atoms with Crippen LogP contribution < -0.4 is 5.32 Å². The van der Waals surface area contributed by atoms with Crippen LogP contribution in [0.5, 0.6) is 0 Å². The number of amides is 4. The number of imide groups is 1. The number of furan rings is 1. The molecule has 2 heterocycles. The molecule has 1 N–H and O–H groups in total. The predicted octanol–water partition coefficient (Wildman–Crippen LogP) is 3.21. The maximum atomic E-state index is 13.0. The van der Waals surface area contributed by atoms with Crippen LogP contribution in [0.25, 0.3) is 11.0 Å². The fraction of sp³-hybridized carbons (Fsp3) is 0.476. The Balaban J connectivity index is 1.44. The summed E-state index contributed by atoms with van der Waals surface area (Å²) in [4.78, 5) is 40.8. The van der Waals surface area contributed by atoms with Gasteiger partial charge in [0, 0.05) is 12.4 Å². The molecule has 1 saturated carbocycles. The van der Waals surface area contributed by atoms with Gasteiger partial charge in [-0.1, -0.05) is 37.5 Å². The smallest absolute Gasteiger partial charge is 0.327 e. The van der Waals surface area contributed by atoms with Crippen molar-refractivity contribution in [3.63, 3.8) is 0 Å². The first-order valence-electron chi connectivity index (χ1n) is 9.80. The van der Waals surface area contributed by atoms with Gasteiger partial charge >= 0.3 is 6.03 Å². The Hall–Kier alpha value is -2.83. The van der Waals surface area contributed by atoms with Crippen molar-refractivity contribution in [2.75, 3.05) is 13.6 Å². The van der Waals surface area contributed by atoms with Crippen LogP contribution in [-0.4, -0.2) is 46.8 Å². The molecule has 1 spiro atoms. The van der Waals surface area contributed by atoms with Gasteiger partial charge in [0.25, 0.3) is 5.91 Å². The van der Waals surface area contributed by atoms with E-state index in [0.29, 0.717) is 18.6 Å². The first-order valence-corrected chi connectivity index (χ1v) is 9.80. The molecule has 1 aromatic carbocycles. The van der Waals surface area contributed by atoms with Crippen molar-refractivity contribution >= 4 is 28.8 Å². The molecule has 0 bridgehead atoms. The average Bonchev–Trinajstić information content (AvgIpc) is 3.20. The highest BCUT2D eigenvalue weighted by Crippen LogP contribution is 2.39. The van der Waals surface area contributed by atoms with E-state index in [1.807, 2.05) is 37.3 Å². The number of fused-ring (bicyclic) bond motifs is 1. The van der Waals surface area contributed by atoms with Crippen LogP contribution in [0.1, 0.15) is 50.8 Å². The van der Waals surface area contributed by atoms with Gasteiger partial charge in [0.15, 0.2) is 0 Å².